The Morgan fingerprint density at radius 2 is 1.79 bits per heavy atom. The summed E-state index contributed by atoms with van der Waals surface area (Å²) in [5.41, 5.74) is 1.88. The average Bonchev–Trinajstić information content (AvgIpc) is 2.93. The van der Waals surface area contributed by atoms with Crippen LogP contribution in [0.3, 0.4) is 0 Å². The van der Waals surface area contributed by atoms with Crippen molar-refractivity contribution < 1.29 is 22.7 Å². The summed E-state index contributed by atoms with van der Waals surface area (Å²) < 4.78 is 38.5. The van der Waals surface area contributed by atoms with Crippen LogP contribution in [-0.4, -0.2) is 27.5 Å². The molecule has 0 spiro atoms. The number of benzene rings is 2. The van der Waals surface area contributed by atoms with Gasteiger partial charge in [-0.05, 0) is 35.9 Å². The number of carbonyl (C=O) groups excluding carboxylic acids is 1. The monoisotopic (exact) mass is 346 g/mol. The van der Waals surface area contributed by atoms with Crippen LogP contribution in [0.15, 0.2) is 41.3 Å². The molecule has 0 radical (unpaired) electrons. The molecule has 8 heteroatoms. The minimum atomic E-state index is -3.77. The normalized spacial score (nSPS) is 15.6. The maximum absolute atomic E-state index is 12.6. The average molecular weight is 346 g/mol. The Balaban J connectivity index is 1.62. The van der Waals surface area contributed by atoms with Crippen molar-refractivity contribution in [2.45, 2.75) is 11.3 Å². The molecule has 24 heavy (non-hydrogen) atoms. The first kappa shape index (κ1) is 14.8. The van der Waals surface area contributed by atoms with Crippen LogP contribution < -0.4 is 19.5 Å². The van der Waals surface area contributed by atoms with Gasteiger partial charge in [0.15, 0.2) is 11.5 Å². The molecule has 2 aliphatic rings. The van der Waals surface area contributed by atoms with E-state index in [2.05, 4.69) is 10.0 Å². The van der Waals surface area contributed by atoms with Crippen molar-refractivity contribution in [3.8, 4) is 11.5 Å². The lowest BCUT2D eigenvalue weighted by atomic mass is 10.1. The maximum Gasteiger partial charge on any atom is 0.262 e. The van der Waals surface area contributed by atoms with E-state index in [1.807, 2.05) is 0 Å². The number of hydrogen-bond acceptors (Lipinski definition) is 5. The highest BCUT2D eigenvalue weighted by Crippen LogP contribution is 2.33. The highest BCUT2D eigenvalue weighted by molar-refractivity contribution is 7.92. The van der Waals surface area contributed by atoms with Crippen LogP contribution in [0.2, 0.25) is 0 Å². The van der Waals surface area contributed by atoms with E-state index in [9.17, 15) is 13.2 Å². The molecule has 1 amide bonds. The van der Waals surface area contributed by atoms with E-state index in [0.717, 1.165) is 5.56 Å². The van der Waals surface area contributed by atoms with Crippen molar-refractivity contribution in [1.29, 1.82) is 0 Å². The summed E-state index contributed by atoms with van der Waals surface area (Å²) in [4.78, 5) is 11.5. The molecule has 0 saturated heterocycles. The largest absolute Gasteiger partial charge is 0.486 e. The third kappa shape index (κ3) is 2.65. The Hall–Kier alpha value is -2.74. The number of ether oxygens (including phenoxy) is 2. The van der Waals surface area contributed by atoms with E-state index < -0.39 is 10.0 Å². The Bertz CT molecular complexity index is 939. The fourth-order valence-electron chi connectivity index (χ4n) is 2.70. The molecule has 4 rings (SSSR count). The molecule has 7 nitrogen and oxygen atoms in total. The van der Waals surface area contributed by atoms with Crippen LogP contribution >= 0.6 is 0 Å². The van der Waals surface area contributed by atoms with Gasteiger partial charge in [-0.15, -0.1) is 0 Å². The molecule has 2 heterocycles. The van der Waals surface area contributed by atoms with Crippen molar-refractivity contribution in [2.75, 3.05) is 23.3 Å². The fourth-order valence-corrected chi connectivity index (χ4v) is 3.76. The second-order valence-electron chi connectivity index (χ2n) is 5.51. The Labute approximate surface area is 138 Å². The quantitative estimate of drug-likeness (QED) is 0.883. The van der Waals surface area contributed by atoms with E-state index in [1.54, 1.807) is 24.3 Å². The van der Waals surface area contributed by atoms with Gasteiger partial charge in [0.25, 0.3) is 10.0 Å². The molecule has 0 saturated carbocycles. The van der Waals surface area contributed by atoms with Gasteiger partial charge in [-0.25, -0.2) is 8.42 Å². The first-order valence-corrected chi connectivity index (χ1v) is 8.85. The van der Waals surface area contributed by atoms with Gasteiger partial charge in [0, 0.05) is 17.4 Å². The van der Waals surface area contributed by atoms with Gasteiger partial charge in [-0.2, -0.15) is 0 Å². The van der Waals surface area contributed by atoms with Gasteiger partial charge in [-0.3, -0.25) is 9.52 Å². The highest BCUT2D eigenvalue weighted by atomic mass is 32.2. The van der Waals surface area contributed by atoms with E-state index in [-0.39, 0.29) is 17.2 Å². The third-order valence-electron chi connectivity index (χ3n) is 3.81. The standard InChI is InChI=1S/C16H14N2O5S/c19-16-8-10-7-11(1-3-13(10)17-16)18-24(20,21)12-2-4-14-15(9-12)23-6-5-22-14/h1-4,7,9,18H,5-6,8H2,(H,17,19). The maximum atomic E-state index is 12.6. The lowest BCUT2D eigenvalue weighted by Crippen LogP contribution is -2.17. The molecule has 2 aliphatic heterocycles. The Morgan fingerprint density at radius 3 is 2.62 bits per heavy atom. The van der Waals surface area contributed by atoms with Crippen LogP contribution in [0.25, 0.3) is 0 Å². The lowest BCUT2D eigenvalue weighted by Gasteiger charge is -2.19. The van der Waals surface area contributed by atoms with Crippen LogP contribution in [0.5, 0.6) is 11.5 Å². The van der Waals surface area contributed by atoms with E-state index >= 15 is 0 Å². The first-order chi connectivity index (χ1) is 11.5. The van der Waals surface area contributed by atoms with Gasteiger partial charge in [-0.1, -0.05) is 0 Å². The first-order valence-electron chi connectivity index (χ1n) is 7.36. The van der Waals surface area contributed by atoms with Gasteiger partial charge in [0.05, 0.1) is 11.3 Å². The molecular formula is C16H14N2O5S. The van der Waals surface area contributed by atoms with E-state index in [1.165, 1.54) is 12.1 Å². The minimum absolute atomic E-state index is 0.0847. The van der Waals surface area contributed by atoms with Crippen LogP contribution in [0.1, 0.15) is 5.56 Å². The number of fused-ring (bicyclic) bond motifs is 2. The van der Waals surface area contributed by atoms with Crippen LogP contribution in [-0.2, 0) is 21.2 Å². The fraction of sp³-hybridized carbons (Fsp3) is 0.188. The number of nitrogens with one attached hydrogen (secondary N) is 2. The summed E-state index contributed by atoms with van der Waals surface area (Å²) in [5, 5.41) is 2.71. The van der Waals surface area contributed by atoms with Gasteiger partial charge in [0.1, 0.15) is 13.2 Å². The number of carbonyl (C=O) groups is 1. The summed E-state index contributed by atoms with van der Waals surface area (Å²) in [6, 6.07) is 9.43. The zero-order chi connectivity index (χ0) is 16.7. The zero-order valence-corrected chi connectivity index (χ0v) is 13.4. The summed E-state index contributed by atoms with van der Waals surface area (Å²) >= 11 is 0. The molecule has 0 aliphatic carbocycles. The Morgan fingerprint density at radius 1 is 1.00 bits per heavy atom. The topological polar surface area (TPSA) is 93.7 Å². The number of rotatable bonds is 3. The van der Waals surface area contributed by atoms with Crippen LogP contribution in [0.4, 0.5) is 11.4 Å². The van der Waals surface area contributed by atoms with Crippen molar-refractivity contribution >= 4 is 27.3 Å². The molecule has 0 atom stereocenters. The molecule has 124 valence electrons. The lowest BCUT2D eigenvalue weighted by molar-refractivity contribution is -0.115. The summed E-state index contributed by atoms with van der Waals surface area (Å²) in [6.45, 7) is 0.828. The van der Waals surface area contributed by atoms with Crippen molar-refractivity contribution in [2.24, 2.45) is 0 Å². The summed E-state index contributed by atoms with van der Waals surface area (Å²) in [7, 11) is -3.77. The third-order valence-corrected chi connectivity index (χ3v) is 5.19. The van der Waals surface area contributed by atoms with E-state index in [4.69, 9.17) is 9.47 Å². The second-order valence-corrected chi connectivity index (χ2v) is 7.19. The van der Waals surface area contributed by atoms with Gasteiger partial charge < -0.3 is 14.8 Å². The Kier molecular flexibility index (Phi) is 3.34. The van der Waals surface area contributed by atoms with Crippen molar-refractivity contribution in [1.82, 2.24) is 0 Å². The molecule has 0 aromatic heterocycles. The summed E-state index contributed by atoms with van der Waals surface area (Å²) in [5.74, 6) is 0.840. The molecule has 0 bridgehead atoms. The van der Waals surface area contributed by atoms with E-state index in [0.29, 0.717) is 36.1 Å². The number of hydrogen-bond donors (Lipinski definition) is 2. The zero-order valence-electron chi connectivity index (χ0n) is 12.5. The molecule has 0 fully saturated rings. The molecule has 2 N–H and O–H groups in total. The summed E-state index contributed by atoms with van der Waals surface area (Å²) in [6.07, 6.45) is 0.245. The predicted molar refractivity (Wildman–Crippen MR) is 87.0 cm³/mol. The smallest absolute Gasteiger partial charge is 0.262 e. The highest BCUT2D eigenvalue weighted by Gasteiger charge is 2.21. The van der Waals surface area contributed by atoms with Gasteiger partial charge >= 0.3 is 0 Å². The molecular weight excluding hydrogens is 332 g/mol. The second kappa shape index (κ2) is 5.41. The van der Waals surface area contributed by atoms with Crippen molar-refractivity contribution in [3.63, 3.8) is 0 Å². The SMILES string of the molecule is O=C1Cc2cc(NS(=O)(=O)c3ccc4c(c3)OCCO4)ccc2N1. The van der Waals surface area contributed by atoms with Crippen LogP contribution in [0, 0.1) is 0 Å². The molecule has 2 aromatic rings. The number of anilines is 2. The minimum Gasteiger partial charge on any atom is -0.486 e. The van der Waals surface area contributed by atoms with Gasteiger partial charge in [0.2, 0.25) is 5.91 Å². The molecule has 2 aromatic carbocycles. The number of sulfonamides is 1. The predicted octanol–water partition coefficient (Wildman–Crippen LogP) is 1.75. The molecule has 0 unspecified atom stereocenters. The number of amides is 1. The van der Waals surface area contributed by atoms with Crippen molar-refractivity contribution in [3.05, 3.63) is 42.0 Å².